The summed E-state index contributed by atoms with van der Waals surface area (Å²) in [7, 11) is 0. The Morgan fingerprint density at radius 3 is 2.33 bits per heavy atom. The molecule has 2 aromatic carbocycles. The number of carbonyl (C=O) groups excluding carboxylic acids is 1. The van der Waals surface area contributed by atoms with Crippen molar-refractivity contribution >= 4 is 17.7 Å². The molecule has 7 heteroatoms. The van der Waals surface area contributed by atoms with Crippen molar-refractivity contribution in [2.75, 3.05) is 5.32 Å². The van der Waals surface area contributed by atoms with Crippen molar-refractivity contribution in [1.29, 1.82) is 0 Å². The summed E-state index contributed by atoms with van der Waals surface area (Å²) in [6.45, 7) is 2.17. The molecule has 0 atom stereocenters. The number of amides is 1. The normalized spacial score (nSPS) is 10.6. The average molecular weight is 367 g/mol. The Morgan fingerprint density at radius 1 is 1.07 bits per heavy atom. The van der Waals surface area contributed by atoms with E-state index in [4.69, 9.17) is 0 Å². The molecular weight excluding hydrogens is 349 g/mol. The van der Waals surface area contributed by atoms with Gasteiger partial charge in [0.15, 0.2) is 5.69 Å². The van der Waals surface area contributed by atoms with Gasteiger partial charge in [0.05, 0.1) is 13.0 Å². The summed E-state index contributed by atoms with van der Waals surface area (Å²) in [5.41, 5.74) is 2.50. The molecule has 27 heavy (non-hydrogen) atoms. The number of aromatic carboxylic acids is 1. The summed E-state index contributed by atoms with van der Waals surface area (Å²) in [5, 5.41) is 15.9. The van der Waals surface area contributed by atoms with Gasteiger partial charge in [-0.1, -0.05) is 42.0 Å². The monoisotopic (exact) mass is 367 g/mol. The lowest BCUT2D eigenvalue weighted by Crippen LogP contribution is -2.18. The fraction of sp³-hybridized carbons (Fsp3) is 0.150. The maximum absolute atomic E-state index is 13.1. The van der Waals surface area contributed by atoms with E-state index in [9.17, 15) is 19.1 Å². The van der Waals surface area contributed by atoms with Gasteiger partial charge >= 0.3 is 5.97 Å². The number of aromatic nitrogens is 2. The average Bonchev–Trinajstić information content (AvgIpc) is 3.02. The first-order chi connectivity index (χ1) is 12.9. The summed E-state index contributed by atoms with van der Waals surface area (Å²) >= 11 is 0. The van der Waals surface area contributed by atoms with E-state index in [1.165, 1.54) is 22.9 Å². The first kappa shape index (κ1) is 18.3. The molecule has 0 spiro atoms. The van der Waals surface area contributed by atoms with Crippen molar-refractivity contribution < 1.29 is 19.1 Å². The van der Waals surface area contributed by atoms with E-state index in [1.807, 2.05) is 31.2 Å². The number of rotatable bonds is 6. The van der Waals surface area contributed by atoms with Crippen molar-refractivity contribution in [2.45, 2.75) is 19.9 Å². The Bertz CT molecular complexity index is 963. The molecule has 0 fully saturated rings. The highest BCUT2D eigenvalue weighted by atomic mass is 19.1. The molecule has 0 radical (unpaired) electrons. The smallest absolute Gasteiger partial charge is 0.356 e. The number of hydrogen-bond donors (Lipinski definition) is 2. The predicted octanol–water partition coefficient (Wildman–Crippen LogP) is 3.26. The molecule has 6 nitrogen and oxygen atoms in total. The van der Waals surface area contributed by atoms with Gasteiger partial charge in [-0.3, -0.25) is 4.79 Å². The van der Waals surface area contributed by atoms with Crippen LogP contribution in [-0.2, 0) is 17.8 Å². The fourth-order valence-corrected chi connectivity index (χ4v) is 2.58. The number of nitrogens with zero attached hydrogens (tertiary/aromatic N) is 2. The third kappa shape index (κ3) is 4.78. The van der Waals surface area contributed by atoms with Gasteiger partial charge in [0, 0.05) is 6.07 Å². The number of benzene rings is 2. The zero-order valence-electron chi connectivity index (χ0n) is 14.6. The lowest BCUT2D eigenvalue weighted by molar-refractivity contribution is -0.115. The third-order valence-electron chi connectivity index (χ3n) is 4.00. The number of nitrogens with one attached hydrogen (secondary N) is 1. The molecule has 3 rings (SSSR count). The Morgan fingerprint density at radius 2 is 1.70 bits per heavy atom. The summed E-state index contributed by atoms with van der Waals surface area (Å²) in [5.74, 6) is -1.57. The van der Waals surface area contributed by atoms with Crippen LogP contribution in [0.5, 0.6) is 0 Å². The lowest BCUT2D eigenvalue weighted by atomic mass is 10.1. The molecule has 0 saturated carbocycles. The number of hydrogen-bond acceptors (Lipinski definition) is 3. The van der Waals surface area contributed by atoms with E-state index < -0.39 is 5.97 Å². The molecule has 0 unspecified atom stereocenters. The van der Waals surface area contributed by atoms with Gasteiger partial charge < -0.3 is 10.4 Å². The van der Waals surface area contributed by atoms with Crippen LogP contribution >= 0.6 is 0 Å². The van der Waals surface area contributed by atoms with Crippen LogP contribution in [0, 0.1) is 12.7 Å². The van der Waals surface area contributed by atoms with E-state index in [0.29, 0.717) is 0 Å². The van der Waals surface area contributed by atoms with Crippen molar-refractivity contribution in [2.24, 2.45) is 0 Å². The predicted molar refractivity (Wildman–Crippen MR) is 98.2 cm³/mol. The number of aryl methyl sites for hydroxylation is 1. The van der Waals surface area contributed by atoms with E-state index in [1.54, 1.807) is 12.1 Å². The van der Waals surface area contributed by atoms with Crippen molar-refractivity contribution in [3.63, 3.8) is 0 Å². The van der Waals surface area contributed by atoms with Gasteiger partial charge in [-0.15, -0.1) is 0 Å². The van der Waals surface area contributed by atoms with Gasteiger partial charge in [-0.2, -0.15) is 5.10 Å². The van der Waals surface area contributed by atoms with Crippen LogP contribution in [0.3, 0.4) is 0 Å². The Hall–Kier alpha value is -3.48. The fourth-order valence-electron chi connectivity index (χ4n) is 2.58. The summed E-state index contributed by atoms with van der Waals surface area (Å²) in [6.07, 6.45) is 0.157. The highest BCUT2D eigenvalue weighted by Gasteiger charge is 2.16. The molecule has 0 aliphatic rings. The van der Waals surface area contributed by atoms with Crippen LogP contribution in [0.1, 0.15) is 27.2 Å². The second kappa shape index (κ2) is 7.82. The van der Waals surface area contributed by atoms with E-state index in [2.05, 4.69) is 10.4 Å². The number of carbonyl (C=O) groups is 2. The SMILES string of the molecule is Cc1ccc(CC(=O)Nc2cc(C(=O)O)nn2Cc2ccc(F)cc2)cc1. The van der Waals surface area contributed by atoms with Gasteiger partial charge in [-0.25, -0.2) is 13.9 Å². The van der Waals surface area contributed by atoms with Crippen LogP contribution in [-0.4, -0.2) is 26.8 Å². The van der Waals surface area contributed by atoms with Crippen molar-refractivity contribution in [3.05, 3.63) is 82.8 Å². The molecule has 1 aromatic heterocycles. The topological polar surface area (TPSA) is 84.2 Å². The second-order valence-electron chi connectivity index (χ2n) is 6.21. The first-order valence-electron chi connectivity index (χ1n) is 8.32. The largest absolute Gasteiger partial charge is 0.476 e. The molecule has 138 valence electrons. The maximum Gasteiger partial charge on any atom is 0.356 e. The third-order valence-corrected chi connectivity index (χ3v) is 4.00. The zero-order chi connectivity index (χ0) is 19.4. The Balaban J connectivity index is 1.78. The minimum absolute atomic E-state index is 0.157. The second-order valence-corrected chi connectivity index (χ2v) is 6.21. The van der Waals surface area contributed by atoms with Crippen LogP contribution in [0.2, 0.25) is 0 Å². The molecule has 3 aromatic rings. The number of carboxylic acids is 1. The van der Waals surface area contributed by atoms with E-state index in [0.717, 1.165) is 16.7 Å². The molecule has 0 aliphatic heterocycles. The minimum Gasteiger partial charge on any atom is -0.476 e. The molecule has 0 bridgehead atoms. The summed E-state index contributed by atoms with van der Waals surface area (Å²) in [4.78, 5) is 23.6. The summed E-state index contributed by atoms with van der Waals surface area (Å²) in [6, 6.07) is 14.7. The van der Waals surface area contributed by atoms with Crippen LogP contribution < -0.4 is 5.32 Å². The molecule has 0 aliphatic carbocycles. The van der Waals surface area contributed by atoms with Crippen LogP contribution in [0.15, 0.2) is 54.6 Å². The highest BCUT2D eigenvalue weighted by molar-refractivity contribution is 5.93. The Labute approximate surface area is 155 Å². The first-order valence-corrected chi connectivity index (χ1v) is 8.32. The van der Waals surface area contributed by atoms with Gasteiger partial charge in [0.1, 0.15) is 11.6 Å². The molecule has 1 amide bonds. The number of carboxylic acid groups (broad SMARTS) is 1. The molecule has 2 N–H and O–H groups in total. The number of anilines is 1. The van der Waals surface area contributed by atoms with E-state index in [-0.39, 0.29) is 36.2 Å². The van der Waals surface area contributed by atoms with Gasteiger partial charge in [0.2, 0.25) is 5.91 Å². The van der Waals surface area contributed by atoms with Crippen molar-refractivity contribution in [1.82, 2.24) is 9.78 Å². The molecular formula is C20H18FN3O3. The summed E-state index contributed by atoms with van der Waals surface area (Å²) < 4.78 is 14.4. The minimum atomic E-state index is -1.19. The van der Waals surface area contributed by atoms with Gasteiger partial charge in [-0.05, 0) is 30.2 Å². The van der Waals surface area contributed by atoms with Gasteiger partial charge in [0.25, 0.3) is 0 Å². The number of halogens is 1. The standard InChI is InChI=1S/C20H18FN3O3/c1-13-2-4-14(5-3-13)10-19(25)22-18-11-17(20(26)27)23-24(18)12-15-6-8-16(21)9-7-15/h2-9,11H,10,12H2,1H3,(H,22,25)(H,26,27). The quantitative estimate of drug-likeness (QED) is 0.700. The Kier molecular flexibility index (Phi) is 5.30. The zero-order valence-corrected chi connectivity index (χ0v) is 14.6. The van der Waals surface area contributed by atoms with Crippen LogP contribution in [0.4, 0.5) is 10.2 Å². The van der Waals surface area contributed by atoms with E-state index >= 15 is 0 Å². The lowest BCUT2D eigenvalue weighted by Gasteiger charge is -2.09. The highest BCUT2D eigenvalue weighted by Crippen LogP contribution is 2.15. The van der Waals surface area contributed by atoms with Crippen molar-refractivity contribution in [3.8, 4) is 0 Å². The maximum atomic E-state index is 13.1. The van der Waals surface area contributed by atoms with Crippen LogP contribution in [0.25, 0.3) is 0 Å². The molecule has 0 saturated heterocycles. The molecule has 1 heterocycles.